The zero-order valence-corrected chi connectivity index (χ0v) is 31.6. The van der Waals surface area contributed by atoms with Gasteiger partial charge in [0.1, 0.15) is 11.2 Å². The van der Waals surface area contributed by atoms with Gasteiger partial charge in [0, 0.05) is 41.9 Å². The molecule has 12 rings (SSSR count). The van der Waals surface area contributed by atoms with E-state index in [0.29, 0.717) is 0 Å². The molecule has 1 aliphatic rings. The van der Waals surface area contributed by atoms with Crippen LogP contribution in [0.25, 0.3) is 80.7 Å². The summed E-state index contributed by atoms with van der Waals surface area (Å²) < 4.78 is 11.7. The summed E-state index contributed by atoms with van der Waals surface area (Å²) in [5.41, 5.74) is 11.3. The fourth-order valence-corrected chi connectivity index (χ4v) is 10.5. The molecule has 1 saturated heterocycles. The molecule has 6 heteroatoms. The summed E-state index contributed by atoms with van der Waals surface area (Å²) in [6, 6.07) is 65.3. The van der Waals surface area contributed by atoms with Gasteiger partial charge in [-0.2, -0.15) is 0 Å². The highest BCUT2D eigenvalue weighted by Crippen LogP contribution is 2.47. The molecule has 0 radical (unpaired) electrons. The van der Waals surface area contributed by atoms with E-state index in [2.05, 4.69) is 203 Å². The molecule has 0 aliphatic carbocycles. The molecule has 4 heterocycles. The van der Waals surface area contributed by atoms with E-state index in [1.165, 1.54) is 69.8 Å². The lowest BCUT2D eigenvalue weighted by molar-refractivity contribution is 0.204. The van der Waals surface area contributed by atoms with Crippen LogP contribution in [0.2, 0.25) is 0 Å². The molecule has 272 valence electrons. The van der Waals surface area contributed by atoms with Gasteiger partial charge < -0.3 is 8.98 Å². The number of aromatic nitrogens is 1. The van der Waals surface area contributed by atoms with Crippen molar-refractivity contribution in [1.82, 2.24) is 20.5 Å². The van der Waals surface area contributed by atoms with Crippen molar-refractivity contribution in [1.29, 1.82) is 0 Å². The maximum absolute atomic E-state index is 6.71. The molecule has 2 atom stereocenters. The highest BCUT2D eigenvalue weighted by Gasteiger charge is 2.31. The Morgan fingerprint density at radius 3 is 1.67 bits per heavy atom. The van der Waals surface area contributed by atoms with E-state index in [-0.39, 0.29) is 18.5 Å². The average Bonchev–Trinajstić information content (AvgIpc) is 3.97. The highest BCUT2D eigenvalue weighted by molar-refractivity contribution is 7.26. The number of thiophene rings is 1. The number of rotatable bonds is 5. The quantitative estimate of drug-likeness (QED) is 0.164. The van der Waals surface area contributed by atoms with E-state index in [9.17, 15) is 0 Å². The summed E-state index contributed by atoms with van der Waals surface area (Å²) in [7, 11) is 0. The first-order valence-corrected chi connectivity index (χ1v) is 20.4. The number of fused-ring (bicyclic) bond motifs is 9. The first-order valence-electron chi connectivity index (χ1n) is 19.5. The van der Waals surface area contributed by atoms with E-state index in [4.69, 9.17) is 4.42 Å². The van der Waals surface area contributed by atoms with Crippen molar-refractivity contribution in [3.63, 3.8) is 0 Å². The van der Waals surface area contributed by atoms with E-state index < -0.39 is 0 Å². The van der Waals surface area contributed by atoms with Crippen molar-refractivity contribution in [2.75, 3.05) is 0 Å². The topological polar surface area (TPSA) is 54.2 Å². The van der Waals surface area contributed by atoms with Crippen molar-refractivity contribution in [3.8, 4) is 16.8 Å². The SMILES string of the molecule is c1ccc(C2NC(c3ccccc3)NC(c3cccc4sc5c(-c6cccc7oc8cccc(-n9c%10ccccc%10c%10ccccc%109)c8c67)cccc5c34)N2)cc1. The highest BCUT2D eigenvalue weighted by atomic mass is 32.1. The number of nitrogens with zero attached hydrogens (tertiary/aromatic N) is 1. The lowest BCUT2D eigenvalue weighted by Crippen LogP contribution is -2.54. The minimum Gasteiger partial charge on any atom is -0.456 e. The van der Waals surface area contributed by atoms with Crippen molar-refractivity contribution in [3.05, 3.63) is 199 Å². The van der Waals surface area contributed by atoms with Crippen LogP contribution in [0.15, 0.2) is 186 Å². The molecule has 0 amide bonds. The van der Waals surface area contributed by atoms with Crippen LogP contribution in [0.4, 0.5) is 0 Å². The van der Waals surface area contributed by atoms with Gasteiger partial charge in [0.15, 0.2) is 0 Å². The van der Waals surface area contributed by atoms with Gasteiger partial charge in [-0.05, 0) is 58.7 Å². The average molecular weight is 753 g/mol. The Hall–Kier alpha value is -6.54. The van der Waals surface area contributed by atoms with Crippen molar-refractivity contribution >= 4 is 75.3 Å². The monoisotopic (exact) mass is 752 g/mol. The van der Waals surface area contributed by atoms with Crippen LogP contribution >= 0.6 is 11.3 Å². The summed E-state index contributed by atoms with van der Waals surface area (Å²) in [6.07, 6.45) is -0.204. The predicted octanol–water partition coefficient (Wildman–Crippen LogP) is 12.9. The van der Waals surface area contributed by atoms with Gasteiger partial charge in [0.2, 0.25) is 0 Å². The number of para-hydroxylation sites is 2. The normalized spacial score (nSPS) is 17.4. The number of hydrogen-bond donors (Lipinski definition) is 3. The molecule has 57 heavy (non-hydrogen) atoms. The fourth-order valence-electron chi connectivity index (χ4n) is 9.27. The van der Waals surface area contributed by atoms with Gasteiger partial charge in [-0.25, -0.2) is 0 Å². The van der Waals surface area contributed by atoms with Crippen LogP contribution < -0.4 is 16.0 Å². The van der Waals surface area contributed by atoms with E-state index >= 15 is 0 Å². The smallest absolute Gasteiger partial charge is 0.137 e. The molecule has 5 nitrogen and oxygen atoms in total. The largest absolute Gasteiger partial charge is 0.456 e. The van der Waals surface area contributed by atoms with Gasteiger partial charge in [-0.1, -0.05) is 146 Å². The van der Waals surface area contributed by atoms with Crippen LogP contribution in [-0.4, -0.2) is 4.57 Å². The lowest BCUT2D eigenvalue weighted by Gasteiger charge is -2.40. The van der Waals surface area contributed by atoms with Crippen LogP contribution in [0.3, 0.4) is 0 Å². The Kier molecular flexibility index (Phi) is 7.46. The minimum atomic E-state index is -0.109. The number of furan rings is 1. The minimum absolute atomic E-state index is 0.0471. The zero-order chi connectivity index (χ0) is 37.5. The molecule has 1 fully saturated rings. The standard InChI is InChI=1S/C51H36N4OS/c1-3-15-31(16-4-1)49-52-50(32-17-5-2-6-18-32)54-51(53-49)38-24-13-30-44-45(38)37-23-11-22-36(48(37)57-44)35-21-12-28-42-46(35)47-41(27-14-29-43(47)56-42)55-39-25-9-7-19-33(39)34-20-8-10-26-40(34)55/h1-30,49-54H. The molecule has 11 aromatic rings. The molecule has 3 N–H and O–H groups in total. The Morgan fingerprint density at radius 2 is 0.965 bits per heavy atom. The number of benzene rings is 8. The third-order valence-corrected chi connectivity index (χ3v) is 12.9. The fraction of sp³-hybridized carbons (Fsp3) is 0.0588. The second-order valence-electron chi connectivity index (χ2n) is 14.9. The molecule has 0 spiro atoms. The summed E-state index contributed by atoms with van der Waals surface area (Å²) in [4.78, 5) is 0. The van der Waals surface area contributed by atoms with E-state index in [1.54, 1.807) is 0 Å². The molecule has 3 aromatic heterocycles. The summed E-state index contributed by atoms with van der Waals surface area (Å²) in [6.45, 7) is 0. The molecule has 2 unspecified atom stereocenters. The van der Waals surface area contributed by atoms with Crippen LogP contribution in [-0.2, 0) is 0 Å². The first-order chi connectivity index (χ1) is 28.3. The number of nitrogens with one attached hydrogen (secondary N) is 3. The Balaban J connectivity index is 1.06. The Labute approximate surface area is 332 Å². The predicted molar refractivity (Wildman–Crippen MR) is 237 cm³/mol. The van der Waals surface area contributed by atoms with Gasteiger partial charge in [-0.15, -0.1) is 11.3 Å². The van der Waals surface area contributed by atoms with Crippen LogP contribution in [0, 0.1) is 0 Å². The summed E-state index contributed by atoms with van der Waals surface area (Å²) in [5, 5.41) is 19.0. The van der Waals surface area contributed by atoms with Crippen molar-refractivity contribution in [2.24, 2.45) is 0 Å². The van der Waals surface area contributed by atoms with Gasteiger partial charge >= 0.3 is 0 Å². The summed E-state index contributed by atoms with van der Waals surface area (Å²) in [5.74, 6) is 0. The lowest BCUT2D eigenvalue weighted by atomic mass is 9.96. The van der Waals surface area contributed by atoms with E-state index in [1.807, 2.05) is 11.3 Å². The maximum Gasteiger partial charge on any atom is 0.137 e. The van der Waals surface area contributed by atoms with Crippen LogP contribution in [0.5, 0.6) is 0 Å². The maximum atomic E-state index is 6.71. The second kappa shape index (κ2) is 13.0. The molecular weight excluding hydrogens is 717 g/mol. The first kappa shape index (κ1) is 32.7. The molecular formula is C51H36N4OS. The molecule has 0 saturated carbocycles. The van der Waals surface area contributed by atoms with Crippen LogP contribution in [0.1, 0.15) is 35.2 Å². The van der Waals surface area contributed by atoms with Crippen molar-refractivity contribution in [2.45, 2.75) is 18.5 Å². The van der Waals surface area contributed by atoms with E-state index in [0.717, 1.165) is 27.6 Å². The molecule has 0 bridgehead atoms. The number of hydrogen-bond acceptors (Lipinski definition) is 5. The van der Waals surface area contributed by atoms with Gasteiger partial charge in [-0.3, -0.25) is 16.0 Å². The Morgan fingerprint density at radius 1 is 0.421 bits per heavy atom. The van der Waals surface area contributed by atoms with Gasteiger partial charge in [0.05, 0.1) is 40.6 Å². The molecule has 8 aromatic carbocycles. The molecule has 1 aliphatic heterocycles. The van der Waals surface area contributed by atoms with Crippen molar-refractivity contribution < 1.29 is 4.42 Å². The second-order valence-corrected chi connectivity index (χ2v) is 16.0. The Bertz CT molecular complexity index is 3210. The zero-order valence-electron chi connectivity index (χ0n) is 30.8. The third kappa shape index (κ3) is 5.12. The summed E-state index contributed by atoms with van der Waals surface area (Å²) >= 11 is 1.87. The third-order valence-electron chi connectivity index (χ3n) is 11.7. The van der Waals surface area contributed by atoms with Gasteiger partial charge in [0.25, 0.3) is 0 Å².